The van der Waals surface area contributed by atoms with Gasteiger partial charge in [0.15, 0.2) is 0 Å². The van der Waals surface area contributed by atoms with Gasteiger partial charge in [-0.2, -0.15) is 0 Å². The summed E-state index contributed by atoms with van der Waals surface area (Å²) in [5.74, 6) is 1.64. The first-order valence-corrected chi connectivity index (χ1v) is 7.80. The lowest BCUT2D eigenvalue weighted by molar-refractivity contribution is 0.269. The summed E-state index contributed by atoms with van der Waals surface area (Å²) in [5.41, 5.74) is 5.06. The summed E-state index contributed by atoms with van der Waals surface area (Å²) in [6.45, 7) is 8.37. The average Bonchev–Trinajstić information content (AvgIpc) is 2.72. The van der Waals surface area contributed by atoms with E-state index in [-0.39, 0.29) is 0 Å². The second-order valence-electron chi connectivity index (χ2n) is 6.41. The van der Waals surface area contributed by atoms with Crippen LogP contribution in [-0.4, -0.2) is 11.2 Å². The van der Waals surface area contributed by atoms with Crippen molar-refractivity contribution in [1.82, 2.24) is 10.5 Å². The number of hydrogen-bond donors (Lipinski definition) is 1. The van der Waals surface area contributed by atoms with Crippen molar-refractivity contribution in [2.45, 2.75) is 58.5 Å². The SMILES string of the molecule is Cc1cccc(C2CC(NC(C)c3c(C)noc3C)C2)c1. The van der Waals surface area contributed by atoms with E-state index in [2.05, 4.69) is 48.6 Å². The molecule has 1 saturated carbocycles. The fourth-order valence-electron chi connectivity index (χ4n) is 3.50. The van der Waals surface area contributed by atoms with Gasteiger partial charge in [0.2, 0.25) is 0 Å². The Morgan fingerprint density at radius 2 is 2.00 bits per heavy atom. The van der Waals surface area contributed by atoms with Crippen molar-refractivity contribution in [2.24, 2.45) is 0 Å². The van der Waals surface area contributed by atoms with Gasteiger partial charge in [0, 0.05) is 17.6 Å². The Bertz CT molecular complexity index is 606. The van der Waals surface area contributed by atoms with Gasteiger partial charge in [0.25, 0.3) is 0 Å². The highest BCUT2D eigenvalue weighted by atomic mass is 16.5. The lowest BCUT2D eigenvalue weighted by Gasteiger charge is -2.38. The third kappa shape index (κ3) is 2.88. The molecule has 1 atom stereocenters. The topological polar surface area (TPSA) is 38.1 Å². The van der Waals surface area contributed by atoms with Gasteiger partial charge in [-0.3, -0.25) is 0 Å². The van der Waals surface area contributed by atoms with E-state index in [0.29, 0.717) is 18.0 Å². The van der Waals surface area contributed by atoms with Crippen LogP contribution < -0.4 is 5.32 Å². The Hall–Kier alpha value is -1.61. The van der Waals surface area contributed by atoms with E-state index in [9.17, 15) is 0 Å². The van der Waals surface area contributed by atoms with Crippen LogP contribution in [0.3, 0.4) is 0 Å². The van der Waals surface area contributed by atoms with E-state index in [1.54, 1.807) is 0 Å². The molecule has 3 rings (SSSR count). The summed E-state index contributed by atoms with van der Waals surface area (Å²) >= 11 is 0. The van der Waals surface area contributed by atoms with Crippen LogP contribution in [0.25, 0.3) is 0 Å². The number of nitrogens with zero attached hydrogens (tertiary/aromatic N) is 1. The highest BCUT2D eigenvalue weighted by Crippen LogP contribution is 2.38. The number of benzene rings is 1. The standard InChI is InChI=1S/C18H24N2O/c1-11-6-5-7-15(8-11)16-9-17(10-16)19-12(2)18-13(3)20-21-14(18)4/h5-8,12,16-17,19H,9-10H2,1-4H3. The van der Waals surface area contributed by atoms with Gasteiger partial charge in [0.05, 0.1) is 5.69 Å². The Balaban J connectivity index is 1.58. The number of nitrogens with one attached hydrogen (secondary N) is 1. The van der Waals surface area contributed by atoms with Gasteiger partial charge in [-0.25, -0.2) is 0 Å². The minimum Gasteiger partial charge on any atom is -0.361 e. The quantitative estimate of drug-likeness (QED) is 0.914. The maximum Gasteiger partial charge on any atom is 0.138 e. The monoisotopic (exact) mass is 284 g/mol. The molecule has 1 N–H and O–H groups in total. The molecular formula is C18H24N2O. The van der Waals surface area contributed by atoms with Crippen molar-refractivity contribution in [3.63, 3.8) is 0 Å². The van der Waals surface area contributed by atoms with E-state index >= 15 is 0 Å². The summed E-state index contributed by atoms with van der Waals surface area (Å²) in [5, 5.41) is 7.76. The van der Waals surface area contributed by atoms with Crippen molar-refractivity contribution in [3.05, 3.63) is 52.4 Å². The molecule has 1 heterocycles. The van der Waals surface area contributed by atoms with Crippen molar-refractivity contribution >= 4 is 0 Å². The molecule has 21 heavy (non-hydrogen) atoms. The van der Waals surface area contributed by atoms with Crippen LogP contribution >= 0.6 is 0 Å². The maximum absolute atomic E-state index is 5.26. The fourth-order valence-corrected chi connectivity index (χ4v) is 3.50. The summed E-state index contributed by atoms with van der Waals surface area (Å²) in [6.07, 6.45) is 2.44. The van der Waals surface area contributed by atoms with Crippen LogP contribution in [0.1, 0.15) is 59.9 Å². The van der Waals surface area contributed by atoms with E-state index in [4.69, 9.17) is 4.52 Å². The van der Waals surface area contributed by atoms with E-state index in [1.807, 2.05) is 13.8 Å². The third-order valence-corrected chi connectivity index (χ3v) is 4.66. The van der Waals surface area contributed by atoms with E-state index in [1.165, 1.54) is 29.5 Å². The van der Waals surface area contributed by atoms with Gasteiger partial charge in [-0.05, 0) is 52.0 Å². The average molecular weight is 284 g/mol. The van der Waals surface area contributed by atoms with Gasteiger partial charge in [-0.15, -0.1) is 0 Å². The summed E-state index contributed by atoms with van der Waals surface area (Å²) in [6, 6.07) is 9.80. The predicted molar refractivity (Wildman–Crippen MR) is 84.5 cm³/mol. The minimum absolute atomic E-state index is 0.305. The largest absolute Gasteiger partial charge is 0.361 e. The molecule has 1 aliphatic carbocycles. The minimum atomic E-state index is 0.305. The number of rotatable bonds is 4. The molecule has 0 bridgehead atoms. The van der Waals surface area contributed by atoms with E-state index < -0.39 is 0 Å². The molecule has 1 unspecified atom stereocenters. The first-order chi connectivity index (χ1) is 10.0. The molecule has 2 aromatic rings. The molecule has 1 aromatic carbocycles. The Morgan fingerprint density at radius 1 is 1.24 bits per heavy atom. The zero-order chi connectivity index (χ0) is 15.0. The van der Waals surface area contributed by atoms with Crippen molar-refractivity contribution in [1.29, 1.82) is 0 Å². The smallest absolute Gasteiger partial charge is 0.138 e. The molecular weight excluding hydrogens is 260 g/mol. The van der Waals surface area contributed by atoms with Crippen LogP contribution in [-0.2, 0) is 0 Å². The molecule has 0 aliphatic heterocycles. The van der Waals surface area contributed by atoms with Gasteiger partial charge >= 0.3 is 0 Å². The van der Waals surface area contributed by atoms with Crippen LogP contribution in [0.2, 0.25) is 0 Å². The lowest BCUT2D eigenvalue weighted by Crippen LogP contribution is -2.41. The predicted octanol–water partition coefficient (Wildman–Crippen LogP) is 4.20. The maximum atomic E-state index is 5.26. The molecule has 0 radical (unpaired) electrons. The molecule has 1 fully saturated rings. The highest BCUT2D eigenvalue weighted by Gasteiger charge is 2.32. The summed E-state index contributed by atoms with van der Waals surface area (Å²) < 4.78 is 5.26. The van der Waals surface area contributed by atoms with Crippen LogP contribution in [0.15, 0.2) is 28.8 Å². The fraction of sp³-hybridized carbons (Fsp3) is 0.500. The van der Waals surface area contributed by atoms with Gasteiger partial charge in [-0.1, -0.05) is 35.0 Å². The second kappa shape index (κ2) is 5.64. The Morgan fingerprint density at radius 3 is 2.62 bits per heavy atom. The van der Waals surface area contributed by atoms with Crippen LogP contribution in [0.5, 0.6) is 0 Å². The lowest BCUT2D eigenvalue weighted by atomic mass is 9.75. The zero-order valence-electron chi connectivity index (χ0n) is 13.3. The van der Waals surface area contributed by atoms with Gasteiger partial charge < -0.3 is 9.84 Å². The number of aromatic nitrogens is 1. The highest BCUT2D eigenvalue weighted by molar-refractivity contribution is 5.28. The number of hydrogen-bond acceptors (Lipinski definition) is 3. The summed E-state index contributed by atoms with van der Waals surface area (Å²) in [4.78, 5) is 0. The molecule has 112 valence electrons. The molecule has 0 amide bonds. The first-order valence-electron chi connectivity index (χ1n) is 7.80. The molecule has 0 spiro atoms. The number of aryl methyl sites for hydroxylation is 3. The summed E-state index contributed by atoms with van der Waals surface area (Å²) in [7, 11) is 0. The van der Waals surface area contributed by atoms with Gasteiger partial charge in [0.1, 0.15) is 5.76 Å². The van der Waals surface area contributed by atoms with Crippen molar-refractivity contribution in [2.75, 3.05) is 0 Å². The normalized spacial score (nSPS) is 22.9. The Labute approximate surface area is 126 Å². The zero-order valence-corrected chi connectivity index (χ0v) is 13.3. The molecule has 0 saturated heterocycles. The van der Waals surface area contributed by atoms with Crippen molar-refractivity contribution < 1.29 is 4.52 Å². The van der Waals surface area contributed by atoms with Crippen molar-refractivity contribution in [3.8, 4) is 0 Å². The molecule has 3 nitrogen and oxygen atoms in total. The Kier molecular flexibility index (Phi) is 3.85. The van der Waals surface area contributed by atoms with Crippen LogP contribution in [0.4, 0.5) is 0 Å². The third-order valence-electron chi connectivity index (χ3n) is 4.66. The second-order valence-corrected chi connectivity index (χ2v) is 6.41. The van der Waals surface area contributed by atoms with Crippen LogP contribution in [0, 0.1) is 20.8 Å². The molecule has 1 aliphatic rings. The molecule has 1 aromatic heterocycles. The first kappa shape index (κ1) is 14.3. The molecule has 3 heteroatoms. The van der Waals surface area contributed by atoms with E-state index in [0.717, 1.165) is 11.5 Å².